The maximum atomic E-state index is 6.03. The maximum Gasteiger partial charge on any atom is 0.234 e. The highest BCUT2D eigenvalue weighted by molar-refractivity contribution is 6.36. The molecular weight excluding hydrogens is 247 g/mol. The van der Waals surface area contributed by atoms with Crippen LogP contribution in [-0.2, 0) is 0 Å². The lowest BCUT2D eigenvalue weighted by molar-refractivity contribution is 0.115. The molecule has 0 atom stereocenters. The second kappa shape index (κ2) is 5.11. The molecule has 1 N–H and O–H groups in total. The third-order valence-corrected chi connectivity index (χ3v) is 3.13. The van der Waals surface area contributed by atoms with E-state index in [-0.39, 0.29) is 6.10 Å². The zero-order chi connectivity index (χ0) is 11.5. The molecule has 2 rings (SSSR count). The van der Waals surface area contributed by atoms with E-state index in [4.69, 9.17) is 27.9 Å². The number of nitrogens with zero attached hydrogens (tertiary/aromatic N) is 1. The topological polar surface area (TPSA) is 34.2 Å². The van der Waals surface area contributed by atoms with Crippen molar-refractivity contribution in [3.05, 3.63) is 16.1 Å². The number of hydrogen-bond acceptors (Lipinski definition) is 3. The Bertz CT molecular complexity index is 380. The predicted octanol–water partition coefficient (Wildman–Crippen LogP) is 3.75. The van der Waals surface area contributed by atoms with Crippen LogP contribution in [0.15, 0.2) is 6.07 Å². The zero-order valence-corrected chi connectivity index (χ0v) is 10.6. The summed E-state index contributed by atoms with van der Waals surface area (Å²) < 4.78 is 5.68. The first-order valence-electron chi connectivity index (χ1n) is 5.47. The van der Waals surface area contributed by atoms with Crippen molar-refractivity contribution in [2.75, 3.05) is 11.9 Å². The molecule has 1 aromatic rings. The van der Waals surface area contributed by atoms with Crippen LogP contribution in [0.5, 0.6) is 5.88 Å². The molecule has 0 aromatic carbocycles. The predicted molar refractivity (Wildman–Crippen MR) is 66.7 cm³/mol. The molecule has 0 spiro atoms. The van der Waals surface area contributed by atoms with E-state index in [0.717, 1.165) is 19.4 Å². The molecule has 3 nitrogen and oxygen atoms in total. The van der Waals surface area contributed by atoms with E-state index in [1.54, 1.807) is 6.07 Å². The summed E-state index contributed by atoms with van der Waals surface area (Å²) in [5, 5.41) is 4.06. The zero-order valence-electron chi connectivity index (χ0n) is 9.09. The van der Waals surface area contributed by atoms with Crippen molar-refractivity contribution in [1.29, 1.82) is 0 Å². The maximum absolute atomic E-state index is 6.03. The van der Waals surface area contributed by atoms with E-state index in [1.807, 2.05) is 6.92 Å². The Morgan fingerprint density at radius 3 is 2.75 bits per heavy atom. The molecule has 0 bridgehead atoms. The van der Waals surface area contributed by atoms with Crippen LogP contribution in [0.1, 0.15) is 26.2 Å². The second-order valence-electron chi connectivity index (χ2n) is 3.81. The molecule has 1 aliphatic rings. The van der Waals surface area contributed by atoms with Crippen LogP contribution in [-0.4, -0.2) is 17.6 Å². The lowest BCUT2D eigenvalue weighted by Crippen LogP contribution is -2.25. The lowest BCUT2D eigenvalue weighted by Gasteiger charge is -2.26. The minimum Gasteiger partial charge on any atom is -0.473 e. The Hall–Kier alpha value is -0.670. The third kappa shape index (κ3) is 2.53. The lowest BCUT2D eigenvalue weighted by atomic mass is 9.96. The van der Waals surface area contributed by atoms with E-state index >= 15 is 0 Å². The minimum atomic E-state index is 0.264. The first-order valence-corrected chi connectivity index (χ1v) is 6.23. The number of pyridine rings is 1. The van der Waals surface area contributed by atoms with Crippen LogP contribution in [0.3, 0.4) is 0 Å². The second-order valence-corrected chi connectivity index (χ2v) is 4.62. The molecule has 16 heavy (non-hydrogen) atoms. The molecule has 1 aromatic heterocycles. The Kier molecular flexibility index (Phi) is 3.77. The highest BCUT2D eigenvalue weighted by Crippen LogP contribution is 2.33. The molecule has 0 saturated heterocycles. The Morgan fingerprint density at radius 1 is 1.44 bits per heavy atom. The molecule has 1 aliphatic carbocycles. The molecule has 5 heteroatoms. The summed E-state index contributed by atoms with van der Waals surface area (Å²) in [4.78, 5) is 4.29. The Labute approximate surface area is 105 Å². The van der Waals surface area contributed by atoms with Gasteiger partial charge in [-0.15, -0.1) is 0 Å². The van der Waals surface area contributed by atoms with Crippen LogP contribution in [0.2, 0.25) is 10.0 Å². The summed E-state index contributed by atoms with van der Waals surface area (Å²) in [7, 11) is 0. The van der Waals surface area contributed by atoms with Gasteiger partial charge in [0, 0.05) is 6.54 Å². The van der Waals surface area contributed by atoms with Gasteiger partial charge >= 0.3 is 0 Å². The summed E-state index contributed by atoms with van der Waals surface area (Å²) in [6.45, 7) is 2.75. The number of hydrogen-bond donors (Lipinski definition) is 1. The van der Waals surface area contributed by atoms with Crippen molar-refractivity contribution in [3.63, 3.8) is 0 Å². The van der Waals surface area contributed by atoms with E-state index in [9.17, 15) is 0 Å². The third-order valence-electron chi connectivity index (χ3n) is 2.57. The van der Waals surface area contributed by atoms with Crippen molar-refractivity contribution < 1.29 is 4.74 Å². The van der Waals surface area contributed by atoms with E-state index < -0.39 is 0 Å². The van der Waals surface area contributed by atoms with Crippen LogP contribution >= 0.6 is 23.2 Å². The molecule has 0 aliphatic heterocycles. The van der Waals surface area contributed by atoms with Gasteiger partial charge in [0.2, 0.25) is 5.88 Å². The SMILES string of the molecule is CCNc1nc(OC2CCC2)c(Cl)cc1Cl. The van der Waals surface area contributed by atoms with Crippen LogP contribution < -0.4 is 10.1 Å². The molecule has 0 amide bonds. The monoisotopic (exact) mass is 260 g/mol. The van der Waals surface area contributed by atoms with Crippen molar-refractivity contribution >= 4 is 29.0 Å². The van der Waals surface area contributed by atoms with Gasteiger partial charge in [0.1, 0.15) is 16.9 Å². The van der Waals surface area contributed by atoms with E-state index in [1.165, 1.54) is 6.42 Å². The van der Waals surface area contributed by atoms with E-state index in [2.05, 4.69) is 10.3 Å². The Morgan fingerprint density at radius 2 is 2.19 bits per heavy atom. The van der Waals surface area contributed by atoms with Crippen molar-refractivity contribution in [1.82, 2.24) is 4.98 Å². The molecule has 1 fully saturated rings. The standard InChI is InChI=1S/C11H14Cl2N2O/c1-2-14-10-8(12)6-9(13)11(15-10)16-7-4-3-5-7/h6-7H,2-5H2,1H3,(H,14,15). The van der Waals surface area contributed by atoms with Crippen LogP contribution in [0, 0.1) is 0 Å². The first-order chi connectivity index (χ1) is 7.70. The largest absolute Gasteiger partial charge is 0.473 e. The summed E-state index contributed by atoms with van der Waals surface area (Å²) in [6, 6.07) is 1.67. The summed E-state index contributed by atoms with van der Waals surface area (Å²) >= 11 is 12.0. The number of anilines is 1. The fourth-order valence-corrected chi connectivity index (χ4v) is 1.94. The van der Waals surface area contributed by atoms with Crippen LogP contribution in [0.25, 0.3) is 0 Å². The minimum absolute atomic E-state index is 0.264. The Balaban J connectivity index is 2.18. The van der Waals surface area contributed by atoms with Gasteiger partial charge in [0.25, 0.3) is 0 Å². The summed E-state index contributed by atoms with van der Waals surface area (Å²) in [5.41, 5.74) is 0. The summed E-state index contributed by atoms with van der Waals surface area (Å²) in [6.07, 6.45) is 3.64. The molecule has 88 valence electrons. The van der Waals surface area contributed by atoms with Gasteiger partial charge in [-0.2, -0.15) is 4.98 Å². The van der Waals surface area contributed by atoms with Gasteiger partial charge in [-0.1, -0.05) is 23.2 Å². The van der Waals surface area contributed by atoms with Crippen molar-refractivity contribution in [3.8, 4) is 5.88 Å². The smallest absolute Gasteiger partial charge is 0.234 e. The average Bonchev–Trinajstić information content (AvgIpc) is 2.18. The fraction of sp³-hybridized carbons (Fsp3) is 0.545. The number of halogens is 2. The quantitative estimate of drug-likeness (QED) is 0.896. The van der Waals surface area contributed by atoms with Gasteiger partial charge in [-0.25, -0.2) is 0 Å². The highest BCUT2D eigenvalue weighted by Gasteiger charge is 2.21. The molecule has 1 saturated carbocycles. The van der Waals surface area contributed by atoms with Gasteiger partial charge in [-0.05, 0) is 32.3 Å². The molecule has 0 radical (unpaired) electrons. The van der Waals surface area contributed by atoms with Gasteiger partial charge in [0.05, 0.1) is 5.02 Å². The van der Waals surface area contributed by atoms with Crippen LogP contribution in [0.4, 0.5) is 5.82 Å². The number of aromatic nitrogens is 1. The normalized spacial score (nSPS) is 15.7. The molecular formula is C11H14Cl2N2O. The number of ether oxygens (including phenoxy) is 1. The van der Waals surface area contributed by atoms with Gasteiger partial charge in [0.15, 0.2) is 0 Å². The van der Waals surface area contributed by atoms with Gasteiger partial charge < -0.3 is 10.1 Å². The fourth-order valence-electron chi connectivity index (χ4n) is 1.47. The van der Waals surface area contributed by atoms with Crippen molar-refractivity contribution in [2.45, 2.75) is 32.3 Å². The molecule has 0 unspecified atom stereocenters. The molecule has 1 heterocycles. The van der Waals surface area contributed by atoms with Crippen molar-refractivity contribution in [2.24, 2.45) is 0 Å². The number of nitrogens with one attached hydrogen (secondary N) is 1. The first kappa shape index (κ1) is 11.8. The highest BCUT2D eigenvalue weighted by atomic mass is 35.5. The summed E-state index contributed by atoms with van der Waals surface area (Å²) in [5.74, 6) is 1.11. The van der Waals surface area contributed by atoms with E-state index in [0.29, 0.717) is 21.7 Å². The number of rotatable bonds is 4. The average molecular weight is 261 g/mol. The van der Waals surface area contributed by atoms with Gasteiger partial charge in [-0.3, -0.25) is 0 Å².